The van der Waals surface area contributed by atoms with Gasteiger partial charge in [-0.15, -0.1) is 0 Å². The van der Waals surface area contributed by atoms with E-state index in [2.05, 4.69) is 108 Å². The Morgan fingerprint density at radius 3 is 1.34 bits per heavy atom. The van der Waals surface area contributed by atoms with Gasteiger partial charge in [-0.05, 0) is 37.1 Å². The molecule has 0 aliphatic carbocycles. The van der Waals surface area contributed by atoms with Gasteiger partial charge in [0.15, 0.2) is 24.8 Å². The second-order valence-corrected chi connectivity index (χ2v) is 7.58. The molecule has 3 rings (SSSR count). The molecule has 4 heteroatoms. The van der Waals surface area contributed by atoms with Crippen LogP contribution >= 0.6 is 0 Å². The molecule has 166 valence electrons. The molecule has 2 aromatic heterocycles. The molecule has 0 saturated carbocycles. The Hall–Kier alpha value is -2.40. The average molecular weight is 554 g/mol. The van der Waals surface area contributed by atoms with Gasteiger partial charge in [0, 0.05) is 61.1 Å². The number of benzene rings is 1. The maximum atomic E-state index is 3.32. The van der Waals surface area contributed by atoms with Gasteiger partial charge in [-0.3, -0.25) is 0 Å². The fourth-order valence-corrected chi connectivity index (χ4v) is 3.08. The lowest BCUT2D eigenvalue weighted by molar-refractivity contribution is -0.697. The highest BCUT2D eigenvalue weighted by atomic mass is 79.9. The highest BCUT2D eigenvalue weighted by molar-refractivity contribution is 5.49. The third-order valence-corrected chi connectivity index (χ3v) is 4.92. The van der Waals surface area contributed by atoms with E-state index in [1.807, 2.05) is 12.1 Å². The van der Waals surface area contributed by atoms with Gasteiger partial charge >= 0.3 is 0 Å². The van der Waals surface area contributed by atoms with Crippen molar-refractivity contribution in [3.63, 3.8) is 0 Å². The molecule has 0 unspecified atom stereocenters. The van der Waals surface area contributed by atoms with E-state index in [1.54, 1.807) is 0 Å². The highest BCUT2D eigenvalue weighted by Crippen LogP contribution is 2.06. The lowest BCUT2D eigenvalue weighted by atomic mass is 10.1. The predicted molar refractivity (Wildman–Crippen MR) is 121 cm³/mol. The summed E-state index contributed by atoms with van der Waals surface area (Å²) >= 11 is 0. The summed E-state index contributed by atoms with van der Waals surface area (Å²) in [5.41, 5.74) is 4.64. The number of aryl methyl sites for hydroxylation is 4. The van der Waals surface area contributed by atoms with Crippen LogP contribution in [0.2, 0.25) is 0 Å². The van der Waals surface area contributed by atoms with Crippen molar-refractivity contribution < 1.29 is 43.1 Å². The molecule has 0 saturated heterocycles. The summed E-state index contributed by atoms with van der Waals surface area (Å²) < 4.78 is 4.42. The van der Waals surface area contributed by atoms with Crippen LogP contribution in [0.25, 0.3) is 0 Å². The summed E-state index contributed by atoms with van der Waals surface area (Å²) in [6.07, 6.45) is 12.4. The van der Waals surface area contributed by atoms with Gasteiger partial charge in [0.25, 0.3) is 0 Å². The summed E-state index contributed by atoms with van der Waals surface area (Å²) in [7, 11) is 0. The lowest BCUT2D eigenvalue weighted by Crippen LogP contribution is -3.00. The van der Waals surface area contributed by atoms with Gasteiger partial charge in [0.2, 0.25) is 0 Å². The first-order valence-electron chi connectivity index (χ1n) is 10.7. The highest BCUT2D eigenvalue weighted by Gasteiger charge is 1.99. The molecule has 0 aliphatic heterocycles. The van der Waals surface area contributed by atoms with Crippen molar-refractivity contribution in [2.45, 2.75) is 52.6 Å². The van der Waals surface area contributed by atoms with Crippen LogP contribution in [0.4, 0.5) is 0 Å². The summed E-state index contributed by atoms with van der Waals surface area (Å²) in [5.74, 6) is 13.3. The first-order valence-corrected chi connectivity index (χ1v) is 10.7. The summed E-state index contributed by atoms with van der Waals surface area (Å²) in [4.78, 5) is 0. The Morgan fingerprint density at radius 2 is 0.969 bits per heavy atom. The topological polar surface area (TPSA) is 7.76 Å². The molecule has 0 N–H and O–H groups in total. The first kappa shape index (κ1) is 27.6. The normalized spacial score (nSPS) is 9.31. The number of halogens is 2. The Bertz CT molecular complexity index is 978. The number of pyridine rings is 2. The SMILES string of the molecule is Cc1cc[n+](CCCC#Cc2ccccc2C#CCCC[n+]2ccc(C)cc2)cc1.[Br-].[Br-]. The second-order valence-electron chi connectivity index (χ2n) is 7.58. The van der Waals surface area contributed by atoms with E-state index in [-0.39, 0.29) is 34.0 Å². The fourth-order valence-electron chi connectivity index (χ4n) is 3.08. The van der Waals surface area contributed by atoms with Crippen LogP contribution in [-0.2, 0) is 13.1 Å². The van der Waals surface area contributed by atoms with Crippen LogP contribution in [0.5, 0.6) is 0 Å². The zero-order valence-corrected chi connectivity index (χ0v) is 22.0. The Morgan fingerprint density at radius 1 is 0.594 bits per heavy atom. The van der Waals surface area contributed by atoms with Crippen LogP contribution < -0.4 is 43.1 Å². The molecule has 1 aromatic carbocycles. The van der Waals surface area contributed by atoms with Crippen LogP contribution in [-0.4, -0.2) is 0 Å². The molecule has 3 aromatic rings. The molecule has 0 fully saturated rings. The quantitative estimate of drug-likeness (QED) is 0.200. The minimum absolute atomic E-state index is 0. The molecule has 2 nitrogen and oxygen atoms in total. The molecule has 2 heterocycles. The average Bonchev–Trinajstić information content (AvgIpc) is 2.77. The molecular weight excluding hydrogens is 524 g/mol. The molecule has 0 bridgehead atoms. The van der Waals surface area contributed by atoms with Crippen molar-refractivity contribution in [1.29, 1.82) is 0 Å². The summed E-state index contributed by atoms with van der Waals surface area (Å²) in [5, 5.41) is 0. The number of nitrogens with zero attached hydrogens (tertiary/aromatic N) is 2. The maximum Gasteiger partial charge on any atom is 0.169 e. The van der Waals surface area contributed by atoms with E-state index < -0.39 is 0 Å². The van der Waals surface area contributed by atoms with Crippen molar-refractivity contribution in [2.24, 2.45) is 0 Å². The van der Waals surface area contributed by atoms with Gasteiger partial charge in [0.1, 0.15) is 13.1 Å². The largest absolute Gasteiger partial charge is 1.00 e. The third-order valence-electron chi connectivity index (χ3n) is 4.92. The van der Waals surface area contributed by atoms with Crippen molar-refractivity contribution in [3.05, 3.63) is 95.6 Å². The van der Waals surface area contributed by atoms with Crippen LogP contribution in [0.3, 0.4) is 0 Å². The van der Waals surface area contributed by atoms with Crippen molar-refractivity contribution in [2.75, 3.05) is 0 Å². The standard InChI is InChI=1S/C28H30N2.2BrH/c1-25-15-21-29(22-16-25)19-9-3-5-11-27-13-7-8-14-28(27)12-6-4-10-20-30-23-17-26(2)18-24-30;;/h7-8,13-18,21-24H,3-4,9-10,19-20H2,1-2H3;2*1H/q+2;;/p-2. The summed E-state index contributed by atoms with van der Waals surface area (Å²) in [6, 6.07) is 16.7. The van der Waals surface area contributed by atoms with Crippen molar-refractivity contribution in [1.82, 2.24) is 0 Å². The zero-order chi connectivity index (χ0) is 21.0. The Kier molecular flexibility index (Phi) is 13.3. The number of hydrogen-bond donors (Lipinski definition) is 0. The second kappa shape index (κ2) is 15.4. The zero-order valence-electron chi connectivity index (χ0n) is 18.8. The minimum atomic E-state index is 0. The van der Waals surface area contributed by atoms with Gasteiger partial charge in [-0.25, -0.2) is 9.13 Å². The van der Waals surface area contributed by atoms with Gasteiger partial charge in [-0.1, -0.05) is 35.8 Å². The number of hydrogen-bond acceptors (Lipinski definition) is 0. The van der Waals surface area contributed by atoms with E-state index >= 15 is 0 Å². The minimum Gasteiger partial charge on any atom is -1.00 e. The van der Waals surface area contributed by atoms with E-state index in [0.29, 0.717) is 0 Å². The van der Waals surface area contributed by atoms with Crippen LogP contribution in [0, 0.1) is 37.5 Å². The lowest BCUT2D eigenvalue weighted by Gasteiger charge is -1.96. The maximum absolute atomic E-state index is 3.32. The Labute approximate surface area is 214 Å². The van der Waals surface area contributed by atoms with Gasteiger partial charge in [-0.2, -0.15) is 0 Å². The first-order chi connectivity index (χ1) is 14.7. The van der Waals surface area contributed by atoms with E-state index in [9.17, 15) is 0 Å². The smallest absolute Gasteiger partial charge is 0.169 e. The third kappa shape index (κ3) is 9.82. The molecular formula is C28H30Br2N2. The summed E-state index contributed by atoms with van der Waals surface area (Å²) in [6.45, 7) is 6.21. The van der Waals surface area contributed by atoms with Crippen LogP contribution in [0.1, 0.15) is 47.9 Å². The van der Waals surface area contributed by atoms with Gasteiger partial charge in [0.05, 0.1) is 0 Å². The van der Waals surface area contributed by atoms with E-state index in [4.69, 9.17) is 0 Å². The molecule has 0 aliphatic rings. The van der Waals surface area contributed by atoms with Crippen molar-refractivity contribution in [3.8, 4) is 23.7 Å². The molecule has 0 radical (unpaired) electrons. The molecule has 0 spiro atoms. The van der Waals surface area contributed by atoms with E-state index in [0.717, 1.165) is 49.9 Å². The van der Waals surface area contributed by atoms with E-state index in [1.165, 1.54) is 11.1 Å². The number of unbranched alkanes of at least 4 members (excludes halogenated alkanes) is 2. The van der Waals surface area contributed by atoms with Crippen LogP contribution in [0.15, 0.2) is 73.3 Å². The number of aromatic nitrogens is 2. The fraction of sp³-hybridized carbons (Fsp3) is 0.286. The predicted octanol–water partition coefficient (Wildman–Crippen LogP) is -1.45. The monoisotopic (exact) mass is 552 g/mol. The van der Waals surface area contributed by atoms with Crippen molar-refractivity contribution >= 4 is 0 Å². The molecule has 32 heavy (non-hydrogen) atoms. The van der Waals surface area contributed by atoms with Gasteiger partial charge < -0.3 is 34.0 Å². The molecule has 0 atom stereocenters. The Balaban J connectivity index is 0.00000256. The molecule has 0 amide bonds. The number of rotatable bonds is 6.